The molecule has 2 bridgehead atoms. The summed E-state index contributed by atoms with van der Waals surface area (Å²) < 4.78 is 31.9. The fraction of sp³-hybridized carbons (Fsp3) is 0.516. The minimum atomic E-state index is -4.08. The van der Waals surface area contributed by atoms with Crippen molar-refractivity contribution >= 4 is 50.1 Å². The van der Waals surface area contributed by atoms with Crippen LogP contribution in [0.4, 0.5) is 11.4 Å². The molecule has 4 saturated heterocycles. The monoisotopic (exact) mass is 674 g/mol. The fourth-order valence-corrected chi connectivity index (χ4v) is 10.1. The average Bonchev–Trinajstić information content (AvgIpc) is 3.33. The maximum atomic E-state index is 13.9. The van der Waals surface area contributed by atoms with Crippen LogP contribution in [0, 0.1) is 11.8 Å². The summed E-state index contributed by atoms with van der Waals surface area (Å²) >= 11 is 0. The summed E-state index contributed by atoms with van der Waals surface area (Å²) in [6.07, 6.45) is -0.969. The molecule has 46 heavy (non-hydrogen) atoms. The Kier molecular flexibility index (Phi) is 7.64. The van der Waals surface area contributed by atoms with Gasteiger partial charge >= 0.3 is 10.2 Å². The molecule has 0 spiro atoms. The highest BCUT2D eigenvalue weighted by atomic mass is 35.5. The van der Waals surface area contributed by atoms with Gasteiger partial charge in [-0.05, 0) is 30.0 Å². The number of anilines is 2. The second-order valence-electron chi connectivity index (χ2n) is 13.7. The Morgan fingerprint density at radius 3 is 2.28 bits per heavy atom. The number of nitrogens with two attached hydrogens (primary N) is 1. The lowest BCUT2D eigenvalue weighted by molar-refractivity contribution is -1.08. The summed E-state index contributed by atoms with van der Waals surface area (Å²) in [6, 6.07) is 9.20. The van der Waals surface area contributed by atoms with Crippen molar-refractivity contribution in [2.75, 3.05) is 68.0 Å². The van der Waals surface area contributed by atoms with Crippen LogP contribution < -0.4 is 31.9 Å². The van der Waals surface area contributed by atoms with Crippen molar-refractivity contribution in [3.05, 3.63) is 47.2 Å². The van der Waals surface area contributed by atoms with Crippen LogP contribution in [0.2, 0.25) is 0 Å². The Morgan fingerprint density at radius 1 is 1.09 bits per heavy atom. The van der Waals surface area contributed by atoms with Crippen molar-refractivity contribution < 1.29 is 54.4 Å². The van der Waals surface area contributed by atoms with Crippen LogP contribution in [0.1, 0.15) is 19.4 Å². The molecule has 248 valence electrons. The van der Waals surface area contributed by atoms with Gasteiger partial charge in [-0.25, -0.2) is 4.31 Å². The van der Waals surface area contributed by atoms with E-state index in [1.807, 2.05) is 12.1 Å². The van der Waals surface area contributed by atoms with Crippen LogP contribution in [0.5, 0.6) is 0 Å². The maximum Gasteiger partial charge on any atom is 0.326 e. The molecule has 3 N–H and O–H groups in total. The standard InChI is InChI=1S/C31H38N6O7S.ClH/c1-18-23(29(31(41)42)35-27(18)26(19(2)38)30(35)40)15-34-24-7-6-21-5-4-20(14-22(21)28(24)33(3)45(34,43)44)16-36-8-11-37(12-9-36,13-10-36)17-25(32)39;/h4-7,14,18-19,26-27,38H,8-13,15-17H2,1-3H3,(H-2,32,39,41,42);1H/t18-,19+,26+,27+,36?,37?;/m0./s1. The SMILES string of the molecule is C[C@@H](O)[C@H]1C(=O)N2C(C(=O)[O-])=C(CN3c4ccc5ccc(C[N+]67CC[N+](CC(N)=O)(CC6)CC7)cc5c4N(C)S3(=O)=O)[C@H](C)[C@H]12.[Cl-]. The molecule has 0 unspecified atom stereocenters. The van der Waals surface area contributed by atoms with Crippen LogP contribution in [0.15, 0.2) is 41.6 Å². The van der Waals surface area contributed by atoms with Gasteiger partial charge in [0.2, 0.25) is 5.91 Å². The second kappa shape index (κ2) is 10.8. The van der Waals surface area contributed by atoms with Crippen molar-refractivity contribution in [2.24, 2.45) is 17.6 Å². The highest BCUT2D eigenvalue weighted by Crippen LogP contribution is 2.50. The number of rotatable bonds is 8. The molecule has 2 aromatic rings. The minimum Gasteiger partial charge on any atom is -1.00 e. The smallest absolute Gasteiger partial charge is 0.326 e. The number of hydrogen-bond donors (Lipinski definition) is 2. The van der Waals surface area contributed by atoms with Crippen LogP contribution in [0.25, 0.3) is 10.8 Å². The summed E-state index contributed by atoms with van der Waals surface area (Å²) in [5.74, 6) is -3.55. The Labute approximate surface area is 274 Å². The molecule has 13 nitrogen and oxygen atoms in total. The zero-order valence-corrected chi connectivity index (χ0v) is 27.6. The van der Waals surface area contributed by atoms with E-state index in [9.17, 15) is 33.0 Å². The first-order chi connectivity index (χ1) is 21.2. The first kappa shape index (κ1) is 32.5. The number of carboxylic acids is 1. The number of amides is 2. The zero-order valence-electron chi connectivity index (χ0n) is 26.1. The molecule has 8 rings (SSSR count). The van der Waals surface area contributed by atoms with Crippen molar-refractivity contribution in [1.82, 2.24) is 4.90 Å². The van der Waals surface area contributed by atoms with E-state index in [0.717, 1.165) is 76.0 Å². The number of nitrogens with zero attached hydrogens (tertiary/aromatic N) is 5. The number of β-lactam (4-membered cyclic amide) rings is 1. The number of hydrogen-bond acceptors (Lipinski definition) is 7. The number of primary amides is 1. The highest BCUT2D eigenvalue weighted by Gasteiger charge is 2.59. The molecule has 15 heteroatoms. The van der Waals surface area contributed by atoms with Gasteiger partial charge in [-0.15, -0.1) is 0 Å². The number of aliphatic carboxylic acids is 1. The highest BCUT2D eigenvalue weighted by molar-refractivity contribution is 7.94. The van der Waals surface area contributed by atoms with E-state index in [4.69, 9.17) is 5.73 Å². The van der Waals surface area contributed by atoms with E-state index in [-0.39, 0.29) is 36.1 Å². The van der Waals surface area contributed by atoms with Gasteiger partial charge in [-0.1, -0.05) is 25.1 Å². The molecule has 0 aromatic heterocycles. The number of fused-ring (bicyclic) bond motifs is 7. The molecule has 6 aliphatic heterocycles. The van der Waals surface area contributed by atoms with Crippen LogP contribution in [0.3, 0.4) is 0 Å². The lowest BCUT2D eigenvalue weighted by Gasteiger charge is -2.55. The zero-order chi connectivity index (χ0) is 32.2. The number of quaternary nitrogens is 2. The topological polar surface area (TPSA) is 164 Å². The summed E-state index contributed by atoms with van der Waals surface area (Å²) in [5.41, 5.74) is 7.56. The van der Waals surface area contributed by atoms with Gasteiger partial charge in [-0.2, -0.15) is 8.42 Å². The summed E-state index contributed by atoms with van der Waals surface area (Å²) in [4.78, 5) is 37.9. The molecule has 4 fully saturated rings. The summed E-state index contributed by atoms with van der Waals surface area (Å²) in [7, 11) is -2.58. The third-order valence-electron chi connectivity index (χ3n) is 11.2. The van der Waals surface area contributed by atoms with E-state index in [1.54, 1.807) is 13.0 Å². The van der Waals surface area contributed by atoms with E-state index in [2.05, 4.69) is 12.1 Å². The van der Waals surface area contributed by atoms with Crippen molar-refractivity contribution in [1.29, 1.82) is 0 Å². The molecule has 0 aliphatic carbocycles. The Hall–Kier alpha value is -3.43. The van der Waals surface area contributed by atoms with E-state index >= 15 is 0 Å². The molecule has 0 saturated carbocycles. The van der Waals surface area contributed by atoms with Gasteiger partial charge in [0, 0.05) is 23.9 Å². The molecule has 6 heterocycles. The van der Waals surface area contributed by atoms with E-state index in [0.29, 0.717) is 17.9 Å². The largest absolute Gasteiger partial charge is 1.00 e. The quantitative estimate of drug-likeness (QED) is 0.212. The normalized spacial score (nSPS) is 31.4. The number of carbonyl (C=O) groups excluding carboxylic acids is 3. The molecular formula is C31H39ClN6O7S. The number of aliphatic hydroxyl groups excluding tert-OH is 1. The Bertz CT molecular complexity index is 1790. The van der Waals surface area contributed by atoms with Gasteiger partial charge in [-0.3, -0.25) is 13.9 Å². The van der Waals surface area contributed by atoms with Gasteiger partial charge < -0.3 is 47.0 Å². The number of carboxylic acid groups (broad SMARTS) is 1. The number of carbonyl (C=O) groups is 3. The van der Waals surface area contributed by atoms with Gasteiger partial charge in [0.05, 0.1) is 47.6 Å². The van der Waals surface area contributed by atoms with Crippen LogP contribution >= 0.6 is 0 Å². The predicted molar refractivity (Wildman–Crippen MR) is 163 cm³/mol. The molecule has 6 aliphatic rings. The van der Waals surface area contributed by atoms with Gasteiger partial charge in [0.15, 0.2) is 6.54 Å². The summed E-state index contributed by atoms with van der Waals surface area (Å²) in [6.45, 7) is 9.75. The number of aliphatic hydroxyl groups is 1. The second-order valence-corrected chi connectivity index (χ2v) is 15.6. The molecule has 4 atom stereocenters. The molecule has 0 radical (unpaired) electrons. The number of piperazine rings is 3. The Balaban J connectivity index is 0.00000372. The fourth-order valence-electron chi connectivity index (χ4n) is 8.66. The third-order valence-corrected chi connectivity index (χ3v) is 13.0. The third kappa shape index (κ3) is 4.60. The minimum absolute atomic E-state index is 0. The van der Waals surface area contributed by atoms with E-state index in [1.165, 1.54) is 22.6 Å². The Morgan fingerprint density at radius 2 is 1.70 bits per heavy atom. The average molecular weight is 675 g/mol. The number of benzene rings is 2. The maximum absolute atomic E-state index is 13.9. The van der Waals surface area contributed by atoms with Gasteiger partial charge in [0.1, 0.15) is 45.8 Å². The first-order valence-electron chi connectivity index (χ1n) is 15.4. The number of halogens is 1. The van der Waals surface area contributed by atoms with Crippen molar-refractivity contribution in [2.45, 2.75) is 32.5 Å². The van der Waals surface area contributed by atoms with Gasteiger partial charge in [0.25, 0.3) is 5.91 Å². The van der Waals surface area contributed by atoms with Crippen molar-refractivity contribution in [3.63, 3.8) is 0 Å². The molecule has 2 amide bonds. The van der Waals surface area contributed by atoms with E-state index < -0.39 is 46.1 Å². The lowest BCUT2D eigenvalue weighted by Crippen LogP contribution is -3.00. The summed E-state index contributed by atoms with van der Waals surface area (Å²) in [5, 5.41) is 24.1. The van der Waals surface area contributed by atoms with Crippen LogP contribution in [-0.4, -0.2) is 117 Å². The first-order valence-corrected chi connectivity index (χ1v) is 16.8. The van der Waals surface area contributed by atoms with Crippen LogP contribution in [-0.2, 0) is 31.1 Å². The molecule has 2 aromatic carbocycles. The molecular weight excluding hydrogens is 636 g/mol. The van der Waals surface area contributed by atoms with Crippen molar-refractivity contribution in [3.8, 4) is 0 Å². The predicted octanol–water partition coefficient (Wildman–Crippen LogP) is -4.15. The lowest BCUT2D eigenvalue weighted by atomic mass is 9.78.